The van der Waals surface area contributed by atoms with Crippen molar-refractivity contribution in [3.8, 4) is 0 Å². The molecule has 2 heterocycles. The number of hydrogen-bond acceptors (Lipinski definition) is 4. The van der Waals surface area contributed by atoms with E-state index in [2.05, 4.69) is 64.4 Å². The van der Waals surface area contributed by atoms with Crippen molar-refractivity contribution >= 4 is 11.5 Å². The van der Waals surface area contributed by atoms with E-state index < -0.39 is 0 Å². The number of para-hydroxylation sites is 1. The lowest BCUT2D eigenvalue weighted by Gasteiger charge is -2.24. The van der Waals surface area contributed by atoms with Crippen molar-refractivity contribution in [2.75, 3.05) is 18.0 Å². The van der Waals surface area contributed by atoms with Crippen LogP contribution >= 0.6 is 0 Å². The molecule has 2 aromatic rings. The molecule has 0 amide bonds. The molecule has 1 aromatic heterocycles. The highest BCUT2D eigenvalue weighted by Crippen LogP contribution is 2.29. The lowest BCUT2D eigenvalue weighted by molar-refractivity contribution is 0.710. The zero-order valence-electron chi connectivity index (χ0n) is 12.0. The zero-order chi connectivity index (χ0) is 13.9. The van der Waals surface area contributed by atoms with E-state index in [0.29, 0.717) is 5.92 Å². The summed E-state index contributed by atoms with van der Waals surface area (Å²) in [5.74, 6) is 1.40. The molecule has 4 nitrogen and oxygen atoms in total. The molecule has 0 bridgehead atoms. The highest BCUT2D eigenvalue weighted by Gasteiger charge is 2.17. The Bertz CT molecular complexity index is 595. The summed E-state index contributed by atoms with van der Waals surface area (Å²) >= 11 is 0. The molecular weight excluding hydrogens is 248 g/mol. The largest absolute Gasteiger partial charge is 0.325 e. The van der Waals surface area contributed by atoms with Crippen LogP contribution in [0.5, 0.6) is 0 Å². The molecular formula is C16H20N4. The van der Waals surface area contributed by atoms with Crippen molar-refractivity contribution in [1.82, 2.24) is 15.3 Å². The van der Waals surface area contributed by atoms with Crippen molar-refractivity contribution in [1.29, 1.82) is 0 Å². The number of rotatable bonds is 2. The topological polar surface area (TPSA) is 41.0 Å². The maximum Gasteiger partial charge on any atom is 0.136 e. The number of anilines is 2. The fourth-order valence-electron chi connectivity index (χ4n) is 2.52. The molecule has 0 radical (unpaired) electrons. The van der Waals surface area contributed by atoms with Crippen LogP contribution in [0.2, 0.25) is 0 Å². The Morgan fingerprint density at radius 2 is 2.05 bits per heavy atom. The number of nitrogens with one attached hydrogen (secondary N) is 1. The smallest absolute Gasteiger partial charge is 0.136 e. The average Bonchev–Trinajstić information content (AvgIpc) is 2.69. The molecule has 20 heavy (non-hydrogen) atoms. The van der Waals surface area contributed by atoms with Crippen LogP contribution in [0.4, 0.5) is 11.5 Å². The van der Waals surface area contributed by atoms with Crippen molar-refractivity contribution in [2.45, 2.75) is 26.3 Å². The lowest BCUT2D eigenvalue weighted by Crippen LogP contribution is -2.25. The molecule has 3 rings (SSSR count). The average molecular weight is 268 g/mol. The van der Waals surface area contributed by atoms with Crippen LogP contribution in [0.1, 0.15) is 31.0 Å². The first-order chi connectivity index (χ1) is 9.75. The highest BCUT2D eigenvalue weighted by molar-refractivity contribution is 5.64. The minimum Gasteiger partial charge on any atom is -0.325 e. The minimum absolute atomic E-state index is 0.414. The van der Waals surface area contributed by atoms with Gasteiger partial charge in [0.05, 0.1) is 0 Å². The van der Waals surface area contributed by atoms with Gasteiger partial charge >= 0.3 is 0 Å². The van der Waals surface area contributed by atoms with Crippen LogP contribution in [0.25, 0.3) is 0 Å². The van der Waals surface area contributed by atoms with E-state index in [1.165, 1.54) is 11.3 Å². The summed E-state index contributed by atoms with van der Waals surface area (Å²) in [6.07, 6.45) is 1.67. The fraction of sp³-hybridized carbons (Fsp3) is 0.375. The van der Waals surface area contributed by atoms with Gasteiger partial charge in [-0.05, 0) is 17.5 Å². The SMILES string of the molecule is CC(C)c1cc(N2CCNCc3ccccc32)ncn1. The van der Waals surface area contributed by atoms with E-state index in [4.69, 9.17) is 0 Å². The fourth-order valence-corrected chi connectivity index (χ4v) is 2.52. The second kappa shape index (κ2) is 5.59. The molecule has 0 atom stereocenters. The van der Waals surface area contributed by atoms with E-state index >= 15 is 0 Å². The quantitative estimate of drug-likeness (QED) is 0.909. The van der Waals surface area contributed by atoms with Gasteiger partial charge in [-0.15, -0.1) is 0 Å². The first-order valence-corrected chi connectivity index (χ1v) is 7.14. The Morgan fingerprint density at radius 3 is 2.90 bits per heavy atom. The number of fused-ring (bicyclic) bond motifs is 1. The molecule has 1 aliphatic rings. The van der Waals surface area contributed by atoms with Crippen molar-refractivity contribution in [3.05, 3.63) is 47.9 Å². The van der Waals surface area contributed by atoms with Gasteiger partial charge < -0.3 is 10.2 Å². The molecule has 1 aliphatic heterocycles. The van der Waals surface area contributed by atoms with E-state index in [0.717, 1.165) is 31.1 Å². The van der Waals surface area contributed by atoms with Gasteiger partial charge in [0.25, 0.3) is 0 Å². The normalized spacial score (nSPS) is 15.1. The van der Waals surface area contributed by atoms with Crippen LogP contribution in [-0.2, 0) is 6.54 Å². The number of aromatic nitrogens is 2. The number of nitrogens with zero attached hydrogens (tertiary/aromatic N) is 3. The molecule has 4 heteroatoms. The predicted octanol–water partition coefficient (Wildman–Crippen LogP) is 2.84. The van der Waals surface area contributed by atoms with Gasteiger partial charge in [-0.1, -0.05) is 32.0 Å². The third-order valence-corrected chi connectivity index (χ3v) is 3.65. The van der Waals surface area contributed by atoms with Gasteiger partial charge in [-0.3, -0.25) is 0 Å². The van der Waals surface area contributed by atoms with Gasteiger partial charge in [0.2, 0.25) is 0 Å². The van der Waals surface area contributed by atoms with E-state index in [-0.39, 0.29) is 0 Å². The van der Waals surface area contributed by atoms with Gasteiger partial charge in [0.1, 0.15) is 12.1 Å². The van der Waals surface area contributed by atoms with E-state index in [1.807, 2.05) is 0 Å². The van der Waals surface area contributed by atoms with Crippen LogP contribution < -0.4 is 10.2 Å². The summed E-state index contributed by atoms with van der Waals surface area (Å²) < 4.78 is 0. The monoisotopic (exact) mass is 268 g/mol. The number of hydrogen-bond donors (Lipinski definition) is 1. The Labute approximate surface area is 119 Å². The standard InChI is InChI=1S/C16H20N4/c1-12(2)14-9-16(19-11-18-14)20-8-7-17-10-13-5-3-4-6-15(13)20/h3-6,9,11-12,17H,7-8,10H2,1-2H3. The Balaban J connectivity index is 2.03. The summed E-state index contributed by atoms with van der Waals surface area (Å²) in [6.45, 7) is 7.10. The third kappa shape index (κ3) is 2.51. The molecule has 0 fully saturated rings. The lowest BCUT2D eigenvalue weighted by atomic mass is 10.1. The maximum absolute atomic E-state index is 4.47. The molecule has 0 saturated heterocycles. The molecule has 1 N–H and O–H groups in total. The molecule has 0 spiro atoms. The maximum atomic E-state index is 4.47. The first kappa shape index (κ1) is 13.1. The van der Waals surface area contributed by atoms with Gasteiger partial charge in [-0.25, -0.2) is 9.97 Å². The molecule has 104 valence electrons. The molecule has 0 aliphatic carbocycles. The molecule has 0 unspecified atom stereocenters. The van der Waals surface area contributed by atoms with Crippen LogP contribution in [-0.4, -0.2) is 23.1 Å². The number of benzene rings is 1. The van der Waals surface area contributed by atoms with E-state index in [1.54, 1.807) is 6.33 Å². The van der Waals surface area contributed by atoms with Crippen LogP contribution in [0, 0.1) is 0 Å². The van der Waals surface area contributed by atoms with Gasteiger partial charge in [0, 0.05) is 37.1 Å². The van der Waals surface area contributed by atoms with Crippen LogP contribution in [0.3, 0.4) is 0 Å². The second-order valence-electron chi connectivity index (χ2n) is 5.41. The van der Waals surface area contributed by atoms with Gasteiger partial charge in [0.15, 0.2) is 0 Å². The highest BCUT2D eigenvalue weighted by atomic mass is 15.2. The Hall–Kier alpha value is -1.94. The molecule has 0 saturated carbocycles. The predicted molar refractivity (Wildman–Crippen MR) is 81.3 cm³/mol. The van der Waals surface area contributed by atoms with Gasteiger partial charge in [-0.2, -0.15) is 0 Å². The second-order valence-corrected chi connectivity index (χ2v) is 5.41. The summed E-state index contributed by atoms with van der Waals surface area (Å²) in [7, 11) is 0. The minimum atomic E-state index is 0.414. The van der Waals surface area contributed by atoms with Crippen molar-refractivity contribution in [2.24, 2.45) is 0 Å². The summed E-state index contributed by atoms with van der Waals surface area (Å²) in [5.41, 5.74) is 3.64. The summed E-state index contributed by atoms with van der Waals surface area (Å²) in [5, 5.41) is 3.46. The zero-order valence-corrected chi connectivity index (χ0v) is 12.0. The summed E-state index contributed by atoms with van der Waals surface area (Å²) in [4.78, 5) is 11.1. The molecule has 1 aromatic carbocycles. The van der Waals surface area contributed by atoms with E-state index in [9.17, 15) is 0 Å². The third-order valence-electron chi connectivity index (χ3n) is 3.65. The van der Waals surface area contributed by atoms with Crippen molar-refractivity contribution in [3.63, 3.8) is 0 Å². The Kier molecular flexibility index (Phi) is 3.65. The first-order valence-electron chi connectivity index (χ1n) is 7.14. The van der Waals surface area contributed by atoms with Crippen LogP contribution in [0.15, 0.2) is 36.7 Å². The van der Waals surface area contributed by atoms with Crippen molar-refractivity contribution < 1.29 is 0 Å². The Morgan fingerprint density at radius 1 is 1.20 bits per heavy atom. The summed E-state index contributed by atoms with van der Waals surface area (Å²) in [6, 6.07) is 10.6.